The molecule has 1 rings (SSSR count). The van der Waals surface area contributed by atoms with Crippen molar-refractivity contribution in [1.82, 2.24) is 15.0 Å². The number of hydrogen-bond donors (Lipinski definition) is 1. The zero-order chi connectivity index (χ0) is 13.6. The smallest absolute Gasteiger partial charge is 0.441 e. The van der Waals surface area contributed by atoms with Crippen LogP contribution in [0.1, 0.15) is 6.92 Å². The van der Waals surface area contributed by atoms with Gasteiger partial charge < -0.3 is 10.1 Å². The Kier molecular flexibility index (Phi) is 5.73. The van der Waals surface area contributed by atoms with Crippen LogP contribution < -0.4 is 10.1 Å². The third-order valence-electron chi connectivity index (χ3n) is 1.51. The molecular weight excluding hydrogens is 293 g/mol. The van der Waals surface area contributed by atoms with Crippen molar-refractivity contribution in [3.63, 3.8) is 0 Å². The Labute approximate surface area is 111 Å². The molecule has 0 unspecified atom stereocenters. The molecule has 0 aliphatic heterocycles. The Morgan fingerprint density at radius 3 is 2.67 bits per heavy atom. The molecule has 0 aromatic carbocycles. The molecule has 1 aromatic heterocycles. The molecule has 10 heteroatoms. The predicted molar refractivity (Wildman–Crippen MR) is 63.0 cm³/mol. The molecule has 18 heavy (non-hydrogen) atoms. The first-order chi connectivity index (χ1) is 8.40. The molecule has 1 aromatic rings. The molecule has 1 heterocycles. The lowest BCUT2D eigenvalue weighted by Crippen LogP contribution is -2.12. The molecule has 0 saturated heterocycles. The maximum absolute atomic E-state index is 11.9. The lowest BCUT2D eigenvalue weighted by Gasteiger charge is -2.08. The van der Waals surface area contributed by atoms with E-state index in [1.165, 1.54) is 0 Å². The average molecular weight is 303 g/mol. The van der Waals surface area contributed by atoms with Gasteiger partial charge in [0.1, 0.15) is 0 Å². The van der Waals surface area contributed by atoms with Crippen molar-refractivity contribution >= 4 is 29.3 Å². The van der Waals surface area contributed by atoms with Crippen molar-refractivity contribution in [3.8, 4) is 6.01 Å². The highest BCUT2D eigenvalue weighted by Gasteiger charge is 2.27. The maximum Gasteiger partial charge on any atom is 0.441 e. The summed E-state index contributed by atoms with van der Waals surface area (Å²) in [6.07, 6.45) is 0. The fourth-order valence-corrected chi connectivity index (χ4v) is 1.52. The van der Waals surface area contributed by atoms with Crippen LogP contribution >= 0.6 is 23.4 Å². The molecule has 0 saturated carbocycles. The van der Waals surface area contributed by atoms with Gasteiger partial charge in [-0.3, -0.25) is 0 Å². The normalized spacial score (nSPS) is 11.4. The van der Waals surface area contributed by atoms with E-state index < -0.39 is 5.51 Å². The van der Waals surface area contributed by atoms with Crippen molar-refractivity contribution in [2.45, 2.75) is 12.4 Å². The number of halogens is 4. The van der Waals surface area contributed by atoms with E-state index in [0.717, 1.165) is 0 Å². The average Bonchev–Trinajstić information content (AvgIpc) is 2.23. The first kappa shape index (κ1) is 15.1. The third kappa shape index (κ3) is 6.10. The van der Waals surface area contributed by atoms with Gasteiger partial charge in [0.15, 0.2) is 0 Å². The van der Waals surface area contributed by atoms with E-state index in [9.17, 15) is 13.2 Å². The van der Waals surface area contributed by atoms with E-state index >= 15 is 0 Å². The molecule has 102 valence electrons. The summed E-state index contributed by atoms with van der Waals surface area (Å²) in [4.78, 5) is 11.2. The first-order valence-corrected chi connectivity index (χ1v) is 6.26. The van der Waals surface area contributed by atoms with Crippen LogP contribution in [0.25, 0.3) is 0 Å². The molecule has 0 fully saturated rings. The van der Waals surface area contributed by atoms with E-state index in [1.54, 1.807) is 6.92 Å². The second kappa shape index (κ2) is 6.83. The quantitative estimate of drug-likeness (QED) is 0.815. The van der Waals surface area contributed by atoms with Crippen molar-refractivity contribution in [3.05, 3.63) is 5.28 Å². The zero-order valence-corrected chi connectivity index (χ0v) is 10.9. The van der Waals surface area contributed by atoms with Gasteiger partial charge in [-0.15, -0.1) is 0 Å². The van der Waals surface area contributed by atoms with Gasteiger partial charge in [0.25, 0.3) is 0 Å². The predicted octanol–water partition coefficient (Wildman–Crippen LogP) is 2.59. The van der Waals surface area contributed by atoms with Crippen LogP contribution in [0.2, 0.25) is 5.28 Å². The van der Waals surface area contributed by atoms with Gasteiger partial charge in [-0.05, 0) is 30.3 Å². The molecule has 0 bridgehead atoms. The summed E-state index contributed by atoms with van der Waals surface area (Å²) >= 11 is 5.48. The topological polar surface area (TPSA) is 59.9 Å². The molecule has 1 N–H and O–H groups in total. The SMILES string of the molecule is CCOc1nc(Cl)nc(NCCSC(F)(F)F)n1. The lowest BCUT2D eigenvalue weighted by atomic mass is 10.7. The molecule has 0 radical (unpaired) electrons. The van der Waals surface area contributed by atoms with Gasteiger partial charge in [0, 0.05) is 12.3 Å². The van der Waals surface area contributed by atoms with Gasteiger partial charge in [-0.2, -0.15) is 28.1 Å². The fourth-order valence-electron chi connectivity index (χ4n) is 0.934. The summed E-state index contributed by atoms with van der Waals surface area (Å²) in [6, 6.07) is 0.0310. The Hall–Kier alpha value is -0.960. The van der Waals surface area contributed by atoms with Crippen LogP contribution in [-0.2, 0) is 0 Å². The van der Waals surface area contributed by atoms with E-state index in [2.05, 4.69) is 20.3 Å². The van der Waals surface area contributed by atoms with Crippen LogP contribution in [0.5, 0.6) is 6.01 Å². The number of alkyl halides is 3. The van der Waals surface area contributed by atoms with Gasteiger partial charge in [-0.25, -0.2) is 0 Å². The number of hydrogen-bond acceptors (Lipinski definition) is 6. The minimum absolute atomic E-state index is 0.0310. The summed E-state index contributed by atoms with van der Waals surface area (Å²) < 4.78 is 40.6. The van der Waals surface area contributed by atoms with Crippen molar-refractivity contribution < 1.29 is 17.9 Å². The van der Waals surface area contributed by atoms with Crippen molar-refractivity contribution in [1.29, 1.82) is 0 Å². The summed E-state index contributed by atoms with van der Waals surface area (Å²) in [5.41, 5.74) is -4.24. The van der Waals surface area contributed by atoms with Crippen LogP contribution in [0.3, 0.4) is 0 Å². The molecule has 0 atom stereocenters. The molecular formula is C8H10ClF3N4OS. The lowest BCUT2D eigenvalue weighted by molar-refractivity contribution is -0.0327. The number of nitrogens with one attached hydrogen (secondary N) is 1. The first-order valence-electron chi connectivity index (χ1n) is 4.89. The van der Waals surface area contributed by atoms with Crippen LogP contribution in [0.4, 0.5) is 19.1 Å². The second-order valence-corrected chi connectivity index (χ2v) is 4.36. The van der Waals surface area contributed by atoms with Crippen LogP contribution in [-0.4, -0.2) is 39.4 Å². The van der Waals surface area contributed by atoms with Gasteiger partial charge in [-0.1, -0.05) is 0 Å². The highest BCUT2D eigenvalue weighted by atomic mass is 35.5. The standard InChI is InChI=1S/C8H10ClF3N4OS/c1-2-17-7-15-5(9)14-6(16-7)13-3-4-18-8(10,11)12/h2-4H2,1H3,(H,13,14,15,16). The van der Waals surface area contributed by atoms with E-state index in [4.69, 9.17) is 16.3 Å². The van der Waals surface area contributed by atoms with Crippen LogP contribution in [0, 0.1) is 0 Å². The maximum atomic E-state index is 11.9. The monoisotopic (exact) mass is 302 g/mol. The van der Waals surface area contributed by atoms with Gasteiger partial charge in [0.05, 0.1) is 6.61 Å². The molecule has 0 spiro atoms. The number of thioether (sulfide) groups is 1. The summed E-state index contributed by atoms with van der Waals surface area (Å²) in [7, 11) is 0. The van der Waals surface area contributed by atoms with Crippen LogP contribution in [0.15, 0.2) is 0 Å². The molecule has 0 aliphatic carbocycles. The zero-order valence-electron chi connectivity index (χ0n) is 9.29. The van der Waals surface area contributed by atoms with E-state index in [-0.39, 0.29) is 41.3 Å². The summed E-state index contributed by atoms with van der Waals surface area (Å²) in [6.45, 7) is 2.14. The molecule has 0 amide bonds. The van der Waals surface area contributed by atoms with Gasteiger partial charge in [0.2, 0.25) is 11.2 Å². The summed E-state index contributed by atoms with van der Waals surface area (Å²) in [5.74, 6) is -0.0715. The molecule has 0 aliphatic rings. The largest absolute Gasteiger partial charge is 0.464 e. The number of nitrogens with zero attached hydrogens (tertiary/aromatic N) is 3. The second-order valence-electron chi connectivity index (χ2n) is 2.86. The molecule has 5 nitrogen and oxygen atoms in total. The van der Waals surface area contributed by atoms with Crippen molar-refractivity contribution in [2.24, 2.45) is 0 Å². The number of ether oxygens (including phenoxy) is 1. The summed E-state index contributed by atoms with van der Waals surface area (Å²) in [5, 5.41) is 2.53. The van der Waals surface area contributed by atoms with E-state index in [0.29, 0.717) is 6.61 Å². The number of rotatable bonds is 6. The Bertz CT molecular complexity index is 393. The Morgan fingerprint density at radius 2 is 2.06 bits per heavy atom. The minimum Gasteiger partial charge on any atom is -0.464 e. The minimum atomic E-state index is -4.24. The third-order valence-corrected chi connectivity index (χ3v) is 2.42. The fraction of sp³-hybridized carbons (Fsp3) is 0.625. The van der Waals surface area contributed by atoms with E-state index in [1.807, 2.05) is 0 Å². The Balaban J connectivity index is 2.46. The highest BCUT2D eigenvalue weighted by molar-refractivity contribution is 8.00. The highest BCUT2D eigenvalue weighted by Crippen LogP contribution is 2.29. The Morgan fingerprint density at radius 1 is 1.33 bits per heavy atom. The van der Waals surface area contributed by atoms with Gasteiger partial charge >= 0.3 is 11.5 Å². The number of aromatic nitrogens is 3. The van der Waals surface area contributed by atoms with Crippen molar-refractivity contribution in [2.75, 3.05) is 24.2 Å². The number of anilines is 1.